The molecule has 100 heavy (non-hydrogen) atoms. The van der Waals surface area contributed by atoms with Crippen LogP contribution >= 0.6 is 11.8 Å². The molecule has 4 heterocycles. The molecule has 0 amide bonds. The molecule has 0 radical (unpaired) electrons. The summed E-state index contributed by atoms with van der Waals surface area (Å²) >= 11 is 1.93. The first-order valence-corrected chi connectivity index (χ1v) is 36.6. The average Bonchev–Trinajstić information content (AvgIpc) is 0.689. The van der Waals surface area contributed by atoms with Gasteiger partial charge in [0.05, 0.1) is 5.69 Å². The maximum Gasteiger partial charge on any atom is 0.252 e. The zero-order valence-corrected chi connectivity index (χ0v) is 61.5. The minimum Gasteiger partial charge on any atom is -0.311 e. The molecule has 12 aromatic carbocycles. The van der Waals surface area contributed by atoms with Crippen LogP contribution in [-0.4, -0.2) is 13.4 Å². The fraction of sp³-hybridized carbons (Fsp3) is 0.217. The number of rotatable bonds is 9. The van der Waals surface area contributed by atoms with Crippen LogP contribution in [0.2, 0.25) is 0 Å². The van der Waals surface area contributed by atoms with Crippen molar-refractivity contribution in [2.75, 3.05) is 24.5 Å². The van der Waals surface area contributed by atoms with E-state index in [0.717, 1.165) is 62.6 Å². The molecule has 0 aliphatic carbocycles. The highest BCUT2D eigenvalue weighted by atomic mass is 32.2. The normalized spacial score (nSPS) is 13.8. The third-order valence-electron chi connectivity index (χ3n) is 21.2. The van der Waals surface area contributed by atoms with Gasteiger partial charge in [-0.1, -0.05) is 261 Å². The Bertz CT molecular complexity index is 5070. The van der Waals surface area contributed by atoms with Crippen molar-refractivity contribution >= 4 is 143 Å². The Labute approximate surface area is 599 Å². The van der Waals surface area contributed by atoms with Gasteiger partial charge in [0.25, 0.3) is 6.71 Å². The highest BCUT2D eigenvalue weighted by Crippen LogP contribution is 2.52. The van der Waals surface area contributed by atoms with Gasteiger partial charge in [-0.15, -0.1) is 0 Å². The lowest BCUT2D eigenvalue weighted by Crippen LogP contribution is -2.64. The van der Waals surface area contributed by atoms with Crippen molar-refractivity contribution in [1.29, 1.82) is 0 Å². The highest BCUT2D eigenvalue weighted by molar-refractivity contribution is 8.00. The van der Waals surface area contributed by atoms with Gasteiger partial charge in [-0.25, -0.2) is 0 Å². The smallest absolute Gasteiger partial charge is 0.252 e. The summed E-state index contributed by atoms with van der Waals surface area (Å²) in [6.07, 6.45) is 0. The van der Waals surface area contributed by atoms with Gasteiger partial charge in [-0.3, -0.25) is 0 Å². The summed E-state index contributed by atoms with van der Waals surface area (Å²) in [7, 11) is 0. The Morgan fingerprint density at radius 2 is 0.610 bits per heavy atom. The molecule has 0 bridgehead atoms. The number of hydrogen-bond acceptors (Lipinski definition) is 6. The molecule has 0 aromatic heterocycles. The standard InChI is InChI=1S/C92H89B2N5S/c1-88(2,3)60-37-45-67(46-38-60)95(68-47-39-61(40-48-68)89(4,5)6)72-54-81-86-82(55-72)99(70-51-43-63(44-52-70)91(10,11)12)80-59-84-77(58-76(80)93(86)74-33-22-24-35-78(74)97(81)65-28-18-16-19-29-65)94-75-34-23-25-36-79(75)98(66-30-20-17-21-31-66)83-56-73(57-85(100-84)87(83)94)96(69-49-41-62(42-50-69)90(7,8)9)71-32-26-27-64(53-71)92(13,14)15/h16-59H,1-15H3. The van der Waals surface area contributed by atoms with Gasteiger partial charge in [0.15, 0.2) is 0 Å². The number of para-hydroxylation sites is 4. The van der Waals surface area contributed by atoms with Gasteiger partial charge < -0.3 is 24.5 Å². The van der Waals surface area contributed by atoms with Crippen molar-refractivity contribution in [2.45, 2.75) is 141 Å². The van der Waals surface area contributed by atoms with E-state index in [-0.39, 0.29) is 40.5 Å². The number of anilines is 15. The van der Waals surface area contributed by atoms with Crippen LogP contribution in [0.1, 0.15) is 132 Å². The molecule has 8 heteroatoms. The number of benzene rings is 12. The lowest BCUT2D eigenvalue weighted by Gasteiger charge is -2.46. The van der Waals surface area contributed by atoms with Crippen LogP contribution in [-0.2, 0) is 27.1 Å². The maximum atomic E-state index is 2.66. The van der Waals surface area contributed by atoms with Crippen molar-refractivity contribution in [1.82, 2.24) is 0 Å². The second-order valence-corrected chi connectivity index (χ2v) is 34.2. The van der Waals surface area contributed by atoms with Crippen molar-refractivity contribution in [3.8, 4) is 0 Å². The molecule has 4 aliphatic heterocycles. The van der Waals surface area contributed by atoms with Crippen LogP contribution < -0.4 is 57.3 Å². The van der Waals surface area contributed by atoms with Crippen LogP contribution in [0, 0.1) is 0 Å². The highest BCUT2D eigenvalue weighted by Gasteiger charge is 2.48. The summed E-state index contributed by atoms with van der Waals surface area (Å²) in [4.78, 5) is 15.2. The quantitative estimate of drug-likeness (QED) is 0.133. The number of fused-ring (bicyclic) bond motifs is 8. The van der Waals surface area contributed by atoms with E-state index < -0.39 is 0 Å². The predicted molar refractivity (Wildman–Crippen MR) is 433 cm³/mol. The largest absolute Gasteiger partial charge is 0.311 e. The van der Waals surface area contributed by atoms with Crippen LogP contribution in [0.15, 0.2) is 277 Å². The summed E-state index contributed by atoms with van der Waals surface area (Å²) in [5.41, 5.74) is 31.2. The van der Waals surface area contributed by atoms with E-state index >= 15 is 0 Å². The molecule has 0 saturated carbocycles. The summed E-state index contributed by atoms with van der Waals surface area (Å²) in [5.74, 6) is 0. The summed E-state index contributed by atoms with van der Waals surface area (Å²) in [6, 6.07) is 103. The minimum atomic E-state index is -0.138. The molecule has 4 aliphatic rings. The van der Waals surface area contributed by atoms with Gasteiger partial charge >= 0.3 is 0 Å². The molecule has 5 nitrogen and oxygen atoms in total. The van der Waals surface area contributed by atoms with Crippen molar-refractivity contribution in [2.24, 2.45) is 0 Å². The lowest BCUT2D eigenvalue weighted by molar-refractivity contribution is 0.590. The van der Waals surface area contributed by atoms with Crippen LogP contribution in [0.3, 0.4) is 0 Å². The second kappa shape index (κ2) is 23.9. The Balaban J connectivity index is 0.981. The summed E-state index contributed by atoms with van der Waals surface area (Å²) < 4.78 is 0. The minimum absolute atomic E-state index is 0.00744. The van der Waals surface area contributed by atoms with E-state index in [1.807, 2.05) is 11.8 Å². The van der Waals surface area contributed by atoms with Gasteiger partial charge in [0.1, 0.15) is 0 Å². The molecule has 0 unspecified atom stereocenters. The third kappa shape index (κ3) is 11.2. The van der Waals surface area contributed by atoms with Gasteiger partial charge in [0, 0.05) is 89.4 Å². The SMILES string of the molecule is CC(C)(C)c1ccc(N(c2cccc(C(C)(C)C)c2)c2cc3c4c(c2)N(c2ccccc2)c2ccccc2B4c2cc4c(cc2S3)N(c2ccc(C(C)(C)C)cc2)c2cc(N(c3ccc(C(C)(C)C)cc3)c3ccc(C(C)(C)C)cc3)cc3c2B4c2ccccc2N3c2ccccc2)cc1. The van der Waals surface area contributed by atoms with E-state index in [9.17, 15) is 0 Å². The molecular formula is C92H89B2N5S. The first-order valence-electron chi connectivity index (χ1n) is 35.8. The number of nitrogens with zero attached hydrogens (tertiary/aromatic N) is 5. The molecule has 0 fully saturated rings. The van der Waals surface area contributed by atoms with Crippen molar-refractivity contribution < 1.29 is 0 Å². The molecule has 0 N–H and O–H groups in total. The molecule has 0 spiro atoms. The maximum absolute atomic E-state index is 2.66. The molecule has 16 rings (SSSR count). The fourth-order valence-electron chi connectivity index (χ4n) is 15.8. The zero-order valence-electron chi connectivity index (χ0n) is 60.7. The molecule has 0 saturated heterocycles. The lowest BCUT2D eigenvalue weighted by atomic mass is 9.31. The predicted octanol–water partition coefficient (Wildman–Crippen LogP) is 22.0. The topological polar surface area (TPSA) is 16.2 Å². The Kier molecular flexibility index (Phi) is 15.5. The fourth-order valence-corrected chi connectivity index (χ4v) is 17.0. The van der Waals surface area contributed by atoms with E-state index in [1.165, 1.54) is 93.1 Å². The second-order valence-electron chi connectivity index (χ2n) is 33.1. The Morgan fingerprint density at radius 1 is 0.240 bits per heavy atom. The van der Waals surface area contributed by atoms with E-state index in [4.69, 9.17) is 0 Å². The average molecular weight is 1320 g/mol. The first-order chi connectivity index (χ1) is 47.8. The van der Waals surface area contributed by atoms with E-state index in [0.29, 0.717) is 0 Å². The van der Waals surface area contributed by atoms with Crippen LogP contribution in [0.5, 0.6) is 0 Å². The van der Waals surface area contributed by atoms with E-state index in [2.05, 4.69) is 395 Å². The zero-order chi connectivity index (χ0) is 69.5. The number of hydrogen-bond donors (Lipinski definition) is 0. The summed E-state index contributed by atoms with van der Waals surface area (Å²) in [5, 5.41) is 0. The monoisotopic (exact) mass is 1320 g/mol. The first kappa shape index (κ1) is 64.8. The van der Waals surface area contributed by atoms with Gasteiger partial charge in [0.2, 0.25) is 6.71 Å². The van der Waals surface area contributed by atoms with Crippen molar-refractivity contribution in [3.05, 3.63) is 295 Å². The summed E-state index contributed by atoms with van der Waals surface area (Å²) in [6.45, 7) is 34.4. The van der Waals surface area contributed by atoms with Crippen LogP contribution in [0.25, 0.3) is 0 Å². The molecule has 494 valence electrons. The van der Waals surface area contributed by atoms with Crippen LogP contribution in [0.4, 0.5) is 85.3 Å². The molecule has 12 aromatic rings. The van der Waals surface area contributed by atoms with E-state index in [1.54, 1.807) is 0 Å². The third-order valence-corrected chi connectivity index (χ3v) is 22.4. The molecule has 0 atom stereocenters. The Hall–Kier alpha value is -9.88. The molecular weight excluding hydrogens is 1230 g/mol. The Morgan fingerprint density at radius 3 is 1.06 bits per heavy atom. The van der Waals surface area contributed by atoms with Crippen molar-refractivity contribution in [3.63, 3.8) is 0 Å². The van der Waals surface area contributed by atoms with Gasteiger partial charge in [-0.2, -0.15) is 0 Å². The van der Waals surface area contributed by atoms with Gasteiger partial charge in [-0.05, 0) is 210 Å².